The Morgan fingerprint density at radius 1 is 1.40 bits per heavy atom. The standard InChI is InChI=1S/C16H20N2O2/c1-11(2)7-9-20-12-5-6-14-13(10-12)16(19)18-8-3-4-15(18)17-14/h5-6,10-11H,3-4,7-9H2,1-2H3. The van der Waals surface area contributed by atoms with Gasteiger partial charge in [0.1, 0.15) is 11.6 Å². The maximum atomic E-state index is 12.4. The predicted molar refractivity (Wildman–Crippen MR) is 79.3 cm³/mol. The molecule has 0 aliphatic carbocycles. The molecule has 0 radical (unpaired) electrons. The van der Waals surface area contributed by atoms with Crippen molar-refractivity contribution in [2.24, 2.45) is 5.92 Å². The average molecular weight is 272 g/mol. The van der Waals surface area contributed by atoms with Gasteiger partial charge in [0.2, 0.25) is 0 Å². The summed E-state index contributed by atoms with van der Waals surface area (Å²) in [5.41, 5.74) is 0.844. The van der Waals surface area contributed by atoms with E-state index in [1.54, 1.807) is 4.57 Å². The smallest absolute Gasteiger partial charge is 0.261 e. The van der Waals surface area contributed by atoms with Crippen molar-refractivity contribution in [3.63, 3.8) is 0 Å². The number of hydrogen-bond donors (Lipinski definition) is 0. The largest absolute Gasteiger partial charge is 0.494 e. The van der Waals surface area contributed by atoms with Crippen LogP contribution in [0.4, 0.5) is 0 Å². The Balaban J connectivity index is 1.93. The third-order valence-electron chi connectivity index (χ3n) is 3.75. The van der Waals surface area contributed by atoms with E-state index in [9.17, 15) is 4.79 Å². The number of hydrogen-bond acceptors (Lipinski definition) is 3. The SMILES string of the molecule is CC(C)CCOc1ccc2nc3n(c(=O)c2c1)CCC3. The van der Waals surface area contributed by atoms with Gasteiger partial charge < -0.3 is 4.74 Å². The second-order valence-electron chi connectivity index (χ2n) is 5.80. The highest BCUT2D eigenvalue weighted by molar-refractivity contribution is 5.79. The molecule has 1 aliphatic heterocycles. The van der Waals surface area contributed by atoms with Crippen LogP contribution in [0.25, 0.3) is 10.9 Å². The molecule has 0 fully saturated rings. The molecule has 2 aromatic rings. The fourth-order valence-electron chi connectivity index (χ4n) is 2.56. The molecule has 1 aromatic heterocycles. The van der Waals surface area contributed by atoms with Gasteiger partial charge in [0.15, 0.2) is 0 Å². The quantitative estimate of drug-likeness (QED) is 0.859. The van der Waals surface area contributed by atoms with Crippen molar-refractivity contribution >= 4 is 10.9 Å². The molecule has 0 atom stereocenters. The van der Waals surface area contributed by atoms with E-state index < -0.39 is 0 Å². The van der Waals surface area contributed by atoms with Gasteiger partial charge in [0.25, 0.3) is 5.56 Å². The minimum atomic E-state index is 0.0665. The fraction of sp³-hybridized carbons (Fsp3) is 0.500. The molecule has 0 bridgehead atoms. The van der Waals surface area contributed by atoms with Crippen LogP contribution >= 0.6 is 0 Å². The lowest BCUT2D eigenvalue weighted by Crippen LogP contribution is -2.20. The summed E-state index contributed by atoms with van der Waals surface area (Å²) < 4.78 is 7.52. The van der Waals surface area contributed by atoms with Crippen LogP contribution < -0.4 is 10.3 Å². The summed E-state index contributed by atoms with van der Waals surface area (Å²) in [6.07, 6.45) is 2.92. The van der Waals surface area contributed by atoms with Gasteiger partial charge in [-0.2, -0.15) is 0 Å². The van der Waals surface area contributed by atoms with E-state index >= 15 is 0 Å². The Morgan fingerprint density at radius 2 is 2.25 bits per heavy atom. The topological polar surface area (TPSA) is 44.1 Å². The molecule has 3 rings (SSSR count). The summed E-state index contributed by atoms with van der Waals surface area (Å²) in [4.78, 5) is 17.0. The number of aromatic nitrogens is 2. The molecule has 0 N–H and O–H groups in total. The second kappa shape index (κ2) is 5.27. The van der Waals surface area contributed by atoms with Crippen LogP contribution in [0.5, 0.6) is 5.75 Å². The Hall–Kier alpha value is -1.84. The number of aryl methyl sites for hydroxylation is 1. The summed E-state index contributed by atoms with van der Waals surface area (Å²) >= 11 is 0. The Kier molecular flexibility index (Phi) is 3.47. The third-order valence-corrected chi connectivity index (χ3v) is 3.75. The van der Waals surface area contributed by atoms with Crippen molar-refractivity contribution in [1.29, 1.82) is 0 Å². The van der Waals surface area contributed by atoms with E-state index in [1.807, 2.05) is 18.2 Å². The second-order valence-corrected chi connectivity index (χ2v) is 5.80. The van der Waals surface area contributed by atoms with Crippen molar-refractivity contribution in [3.8, 4) is 5.75 Å². The molecular weight excluding hydrogens is 252 g/mol. The van der Waals surface area contributed by atoms with E-state index in [2.05, 4.69) is 18.8 Å². The lowest BCUT2D eigenvalue weighted by Gasteiger charge is -2.09. The number of nitrogens with zero attached hydrogens (tertiary/aromatic N) is 2. The van der Waals surface area contributed by atoms with Crippen molar-refractivity contribution in [3.05, 3.63) is 34.4 Å². The van der Waals surface area contributed by atoms with E-state index in [1.165, 1.54) is 0 Å². The highest BCUT2D eigenvalue weighted by atomic mass is 16.5. The lowest BCUT2D eigenvalue weighted by molar-refractivity contribution is 0.290. The van der Waals surface area contributed by atoms with Gasteiger partial charge in [0, 0.05) is 13.0 Å². The summed E-state index contributed by atoms with van der Waals surface area (Å²) in [5.74, 6) is 2.29. The van der Waals surface area contributed by atoms with Crippen LogP contribution in [0.3, 0.4) is 0 Å². The van der Waals surface area contributed by atoms with Crippen LogP contribution in [0.15, 0.2) is 23.0 Å². The summed E-state index contributed by atoms with van der Waals surface area (Å²) in [6.45, 7) is 5.81. The van der Waals surface area contributed by atoms with Crippen LogP contribution in [-0.4, -0.2) is 16.2 Å². The maximum absolute atomic E-state index is 12.4. The van der Waals surface area contributed by atoms with Gasteiger partial charge in [-0.25, -0.2) is 4.98 Å². The molecule has 0 unspecified atom stereocenters. The summed E-state index contributed by atoms with van der Waals surface area (Å²) in [6, 6.07) is 5.62. The molecule has 1 aromatic carbocycles. The minimum Gasteiger partial charge on any atom is -0.494 e. The molecule has 0 saturated heterocycles. The molecule has 0 spiro atoms. The van der Waals surface area contributed by atoms with Gasteiger partial charge in [-0.15, -0.1) is 0 Å². The van der Waals surface area contributed by atoms with E-state index in [-0.39, 0.29) is 5.56 Å². The Labute approximate surface area is 118 Å². The number of fused-ring (bicyclic) bond motifs is 2. The van der Waals surface area contributed by atoms with Gasteiger partial charge in [0.05, 0.1) is 17.5 Å². The minimum absolute atomic E-state index is 0.0665. The monoisotopic (exact) mass is 272 g/mol. The first-order chi connectivity index (χ1) is 9.65. The number of rotatable bonds is 4. The normalized spacial score (nSPS) is 13.9. The lowest BCUT2D eigenvalue weighted by atomic mass is 10.1. The number of benzene rings is 1. The van der Waals surface area contributed by atoms with E-state index in [0.717, 1.165) is 42.9 Å². The van der Waals surface area contributed by atoms with Crippen LogP contribution in [0, 0.1) is 5.92 Å². The molecule has 1 aliphatic rings. The summed E-state index contributed by atoms with van der Waals surface area (Å²) in [7, 11) is 0. The zero-order chi connectivity index (χ0) is 14.1. The zero-order valence-corrected chi connectivity index (χ0v) is 12.1. The first-order valence-electron chi connectivity index (χ1n) is 7.31. The van der Waals surface area contributed by atoms with Gasteiger partial charge in [-0.05, 0) is 37.0 Å². The zero-order valence-electron chi connectivity index (χ0n) is 12.1. The predicted octanol–water partition coefficient (Wildman–Crippen LogP) is 2.77. The molecule has 2 heterocycles. The van der Waals surface area contributed by atoms with E-state index in [4.69, 9.17) is 4.74 Å². The molecule has 106 valence electrons. The molecular formula is C16H20N2O2. The Morgan fingerprint density at radius 3 is 3.05 bits per heavy atom. The van der Waals surface area contributed by atoms with Gasteiger partial charge in [-0.3, -0.25) is 9.36 Å². The highest BCUT2D eigenvalue weighted by Gasteiger charge is 2.16. The average Bonchev–Trinajstić information content (AvgIpc) is 2.88. The molecule has 4 nitrogen and oxygen atoms in total. The molecule has 4 heteroatoms. The van der Waals surface area contributed by atoms with Gasteiger partial charge >= 0.3 is 0 Å². The van der Waals surface area contributed by atoms with Crippen molar-refractivity contribution in [1.82, 2.24) is 9.55 Å². The summed E-state index contributed by atoms with van der Waals surface area (Å²) in [5, 5.41) is 0.665. The van der Waals surface area contributed by atoms with Crippen LogP contribution in [-0.2, 0) is 13.0 Å². The van der Waals surface area contributed by atoms with E-state index in [0.29, 0.717) is 17.9 Å². The third kappa shape index (κ3) is 2.42. The molecule has 0 saturated carbocycles. The highest BCUT2D eigenvalue weighted by Crippen LogP contribution is 2.20. The molecule has 0 amide bonds. The Bertz CT molecular complexity index is 689. The fourth-order valence-corrected chi connectivity index (χ4v) is 2.56. The van der Waals surface area contributed by atoms with Crippen LogP contribution in [0.2, 0.25) is 0 Å². The first-order valence-corrected chi connectivity index (χ1v) is 7.31. The van der Waals surface area contributed by atoms with Crippen molar-refractivity contribution in [2.75, 3.05) is 6.61 Å². The van der Waals surface area contributed by atoms with Gasteiger partial charge in [-0.1, -0.05) is 13.8 Å². The van der Waals surface area contributed by atoms with Crippen molar-refractivity contribution < 1.29 is 4.74 Å². The number of ether oxygens (including phenoxy) is 1. The first kappa shape index (κ1) is 13.2. The maximum Gasteiger partial charge on any atom is 0.261 e. The molecule has 20 heavy (non-hydrogen) atoms. The van der Waals surface area contributed by atoms with Crippen molar-refractivity contribution in [2.45, 2.75) is 39.7 Å². The van der Waals surface area contributed by atoms with Crippen LogP contribution in [0.1, 0.15) is 32.5 Å².